The van der Waals surface area contributed by atoms with Crippen LogP contribution in [0.3, 0.4) is 0 Å². The molecule has 0 radical (unpaired) electrons. The van der Waals surface area contributed by atoms with Crippen molar-refractivity contribution in [3.8, 4) is 0 Å². The number of carbonyl (C=O) groups excluding carboxylic acids is 1. The minimum atomic E-state index is -0.690. The van der Waals surface area contributed by atoms with Crippen LogP contribution in [0.2, 0.25) is 0 Å². The summed E-state index contributed by atoms with van der Waals surface area (Å²) in [4.78, 5) is 31.3. The van der Waals surface area contributed by atoms with Gasteiger partial charge in [-0.1, -0.05) is 25.6 Å². The Labute approximate surface area is 176 Å². The van der Waals surface area contributed by atoms with Gasteiger partial charge in [0.15, 0.2) is 16.6 Å². The maximum atomic E-state index is 12.1. The van der Waals surface area contributed by atoms with Crippen LogP contribution in [0.25, 0.3) is 11.0 Å². The highest BCUT2D eigenvalue weighted by atomic mass is 32.2. The minimum Gasteiger partial charge on any atom is -0.395 e. The summed E-state index contributed by atoms with van der Waals surface area (Å²) in [6.07, 6.45) is 3.69. The Morgan fingerprint density at radius 2 is 2.10 bits per heavy atom. The van der Waals surface area contributed by atoms with Crippen LogP contribution in [0.1, 0.15) is 37.2 Å². The van der Waals surface area contributed by atoms with Crippen LogP contribution in [0.15, 0.2) is 27.9 Å². The highest BCUT2D eigenvalue weighted by Gasteiger charge is 2.17. The zero-order valence-corrected chi connectivity index (χ0v) is 17.6. The fourth-order valence-corrected chi connectivity index (χ4v) is 3.34. The quantitative estimate of drug-likeness (QED) is 0.202. The molecular formula is C18H23N7O4S. The Kier molecular flexibility index (Phi) is 7.22. The summed E-state index contributed by atoms with van der Waals surface area (Å²) in [5.41, 5.74) is 0.685. The Morgan fingerprint density at radius 3 is 2.80 bits per heavy atom. The minimum absolute atomic E-state index is 0.112. The van der Waals surface area contributed by atoms with E-state index in [0.717, 1.165) is 42.4 Å². The number of fused-ring (bicyclic) bond motifs is 1. The number of carbonyl (C=O) groups is 1. The molecule has 0 spiro atoms. The zero-order chi connectivity index (χ0) is 21.5. The fraction of sp³-hybridized carbons (Fsp3) is 0.444. The summed E-state index contributed by atoms with van der Waals surface area (Å²) in [5.74, 6) is 0.549. The number of anilines is 1. The highest BCUT2D eigenvalue weighted by molar-refractivity contribution is 7.99. The number of nitrogens with one attached hydrogen (secondary N) is 2. The molecule has 0 aromatic carbocycles. The summed E-state index contributed by atoms with van der Waals surface area (Å²) in [5, 5.41) is 22.5. The predicted molar refractivity (Wildman–Crippen MR) is 113 cm³/mol. The third-order valence-electron chi connectivity index (χ3n) is 4.06. The Morgan fingerprint density at radius 1 is 1.27 bits per heavy atom. The lowest BCUT2D eigenvalue weighted by Gasteiger charge is -2.09. The number of aromatic nitrogens is 4. The number of nitro groups is 1. The molecular weight excluding hydrogens is 410 g/mol. The number of hydrogen-bond acceptors (Lipinski definition) is 9. The molecule has 11 nitrogen and oxygen atoms in total. The van der Waals surface area contributed by atoms with Gasteiger partial charge in [-0.2, -0.15) is 5.10 Å². The maximum Gasteiger partial charge on any atom is 0.433 e. The number of hydrogen-bond donors (Lipinski definition) is 2. The first-order valence-electron chi connectivity index (χ1n) is 9.66. The second-order valence-electron chi connectivity index (χ2n) is 6.39. The molecule has 3 aromatic rings. The van der Waals surface area contributed by atoms with Crippen molar-refractivity contribution in [1.29, 1.82) is 0 Å². The van der Waals surface area contributed by atoms with E-state index in [0.29, 0.717) is 17.3 Å². The van der Waals surface area contributed by atoms with E-state index < -0.39 is 16.7 Å². The van der Waals surface area contributed by atoms with Gasteiger partial charge in [-0.3, -0.25) is 14.9 Å². The fourth-order valence-electron chi connectivity index (χ4n) is 2.65. The van der Waals surface area contributed by atoms with Crippen molar-refractivity contribution in [3.63, 3.8) is 0 Å². The van der Waals surface area contributed by atoms with E-state index in [2.05, 4.69) is 39.5 Å². The Balaban J connectivity index is 1.71. The van der Waals surface area contributed by atoms with Gasteiger partial charge < -0.3 is 15.1 Å². The van der Waals surface area contributed by atoms with Crippen LogP contribution in [0.4, 0.5) is 11.7 Å². The third kappa shape index (κ3) is 5.06. The molecule has 0 atom stereocenters. The molecule has 3 rings (SSSR count). The third-order valence-corrected chi connectivity index (χ3v) is 5.11. The van der Waals surface area contributed by atoms with Gasteiger partial charge in [0.05, 0.1) is 24.2 Å². The van der Waals surface area contributed by atoms with Crippen molar-refractivity contribution in [1.82, 2.24) is 25.1 Å². The van der Waals surface area contributed by atoms with Crippen LogP contribution in [-0.4, -0.2) is 49.4 Å². The smallest absolute Gasteiger partial charge is 0.395 e. The van der Waals surface area contributed by atoms with Gasteiger partial charge in [0, 0.05) is 18.8 Å². The lowest BCUT2D eigenvalue weighted by atomic mass is 10.3. The van der Waals surface area contributed by atoms with Crippen LogP contribution >= 0.6 is 11.8 Å². The second-order valence-corrected chi connectivity index (χ2v) is 7.45. The van der Waals surface area contributed by atoms with Crippen molar-refractivity contribution < 1.29 is 14.1 Å². The molecule has 30 heavy (non-hydrogen) atoms. The molecule has 1 amide bonds. The molecule has 0 aliphatic heterocycles. The zero-order valence-electron chi connectivity index (χ0n) is 16.8. The SMILES string of the molecule is CCCNc1nc(SCCC)nc2c1cnn2CCNC(=O)c1ccc([N+](=O)[O-])o1. The predicted octanol–water partition coefficient (Wildman–Crippen LogP) is 3.08. The molecule has 0 aliphatic rings. The van der Waals surface area contributed by atoms with E-state index in [9.17, 15) is 14.9 Å². The average molecular weight is 433 g/mol. The summed E-state index contributed by atoms with van der Waals surface area (Å²) in [6, 6.07) is 2.42. The largest absolute Gasteiger partial charge is 0.433 e. The van der Waals surface area contributed by atoms with Gasteiger partial charge in [0.1, 0.15) is 10.7 Å². The topological polar surface area (TPSA) is 141 Å². The van der Waals surface area contributed by atoms with Crippen molar-refractivity contribution in [2.75, 3.05) is 24.2 Å². The lowest BCUT2D eigenvalue weighted by molar-refractivity contribution is -0.402. The van der Waals surface area contributed by atoms with E-state index in [4.69, 9.17) is 4.42 Å². The van der Waals surface area contributed by atoms with Crippen LogP contribution < -0.4 is 10.6 Å². The Hall–Kier alpha value is -3.15. The van der Waals surface area contributed by atoms with E-state index in [1.807, 2.05) is 0 Å². The molecule has 0 saturated heterocycles. The van der Waals surface area contributed by atoms with Gasteiger partial charge >= 0.3 is 5.88 Å². The van der Waals surface area contributed by atoms with E-state index in [1.165, 1.54) is 6.07 Å². The number of furan rings is 1. The molecule has 160 valence electrons. The summed E-state index contributed by atoms with van der Waals surface area (Å²) in [7, 11) is 0. The van der Waals surface area contributed by atoms with Gasteiger partial charge in [-0.15, -0.1) is 0 Å². The van der Waals surface area contributed by atoms with Crippen molar-refractivity contribution >= 4 is 40.4 Å². The standard InChI is InChI=1S/C18H23N7O4S/c1-3-7-19-15-12-11-21-24(16(12)23-18(22-15)30-10-4-2)9-8-20-17(26)13-5-6-14(29-13)25(27)28/h5-6,11H,3-4,7-10H2,1-2H3,(H,20,26)(H,19,22,23). The highest BCUT2D eigenvalue weighted by Crippen LogP contribution is 2.24. The monoisotopic (exact) mass is 433 g/mol. The molecule has 0 fully saturated rings. The van der Waals surface area contributed by atoms with Crippen LogP contribution in [0.5, 0.6) is 0 Å². The summed E-state index contributed by atoms with van der Waals surface area (Å²) in [6.45, 7) is 5.60. The first kappa shape index (κ1) is 21.6. The van der Waals surface area contributed by atoms with Crippen LogP contribution in [-0.2, 0) is 6.54 Å². The maximum absolute atomic E-state index is 12.1. The number of amides is 1. The molecule has 2 N–H and O–H groups in total. The first-order chi connectivity index (χ1) is 14.5. The number of rotatable bonds is 11. The molecule has 0 aliphatic carbocycles. The van der Waals surface area contributed by atoms with Crippen molar-refractivity contribution in [2.24, 2.45) is 0 Å². The van der Waals surface area contributed by atoms with Crippen molar-refractivity contribution in [2.45, 2.75) is 38.4 Å². The summed E-state index contributed by atoms with van der Waals surface area (Å²) < 4.78 is 6.61. The second kappa shape index (κ2) is 10.1. The van der Waals surface area contributed by atoms with Crippen molar-refractivity contribution in [3.05, 3.63) is 34.2 Å². The average Bonchev–Trinajstić information content (AvgIpc) is 3.38. The number of thioether (sulfide) groups is 1. The molecule has 3 aromatic heterocycles. The first-order valence-corrected chi connectivity index (χ1v) is 10.6. The molecule has 3 heterocycles. The van der Waals surface area contributed by atoms with Crippen LogP contribution in [0, 0.1) is 10.1 Å². The van der Waals surface area contributed by atoms with Gasteiger partial charge in [0.25, 0.3) is 5.91 Å². The molecule has 12 heteroatoms. The normalized spacial score (nSPS) is 11.0. The lowest BCUT2D eigenvalue weighted by Crippen LogP contribution is -2.27. The number of nitrogens with zero attached hydrogens (tertiary/aromatic N) is 5. The van der Waals surface area contributed by atoms with Gasteiger partial charge in [0.2, 0.25) is 0 Å². The van der Waals surface area contributed by atoms with E-state index >= 15 is 0 Å². The van der Waals surface area contributed by atoms with Gasteiger partial charge in [-0.25, -0.2) is 14.6 Å². The van der Waals surface area contributed by atoms with E-state index in [1.54, 1.807) is 22.6 Å². The summed E-state index contributed by atoms with van der Waals surface area (Å²) >= 11 is 1.59. The Bertz CT molecular complexity index is 1030. The van der Waals surface area contributed by atoms with Gasteiger partial charge in [-0.05, 0) is 18.9 Å². The molecule has 0 saturated carbocycles. The van der Waals surface area contributed by atoms with E-state index in [-0.39, 0.29) is 12.3 Å². The molecule has 0 unspecified atom stereocenters. The molecule has 0 bridgehead atoms.